The quantitative estimate of drug-likeness (QED) is 0.759. The fourth-order valence-corrected chi connectivity index (χ4v) is 2.20. The van der Waals surface area contributed by atoms with E-state index >= 15 is 0 Å². The number of hydrogen-bond donors (Lipinski definition) is 1. The van der Waals surface area contributed by atoms with Gasteiger partial charge < -0.3 is 9.72 Å². The predicted octanol–water partition coefficient (Wildman–Crippen LogP) is 4.75. The number of H-pyrrole nitrogens is 1. The normalized spacial score (nSPS) is 10.5. The number of nitrogens with one attached hydrogen (secondary N) is 1. The van der Waals surface area contributed by atoms with Gasteiger partial charge in [-0.05, 0) is 38.5 Å². The number of ether oxygens (including phenoxy) is 1. The average Bonchev–Trinajstić information content (AvgIpc) is 2.90. The molecule has 22 heavy (non-hydrogen) atoms. The highest BCUT2D eigenvalue weighted by molar-refractivity contribution is 5.87. The van der Waals surface area contributed by atoms with Crippen LogP contribution in [-0.2, 0) is 0 Å². The van der Waals surface area contributed by atoms with E-state index in [-0.39, 0.29) is 6.10 Å². The number of benzene rings is 1. The number of aromatic nitrogens is 3. The maximum absolute atomic E-state index is 5.59. The van der Waals surface area contributed by atoms with Gasteiger partial charge in [0.2, 0.25) is 5.88 Å². The maximum atomic E-state index is 5.59. The molecule has 0 spiro atoms. The number of rotatable bonds is 3. The molecule has 4 nitrogen and oxygen atoms in total. The first-order valence-corrected chi connectivity index (χ1v) is 7.70. The SMILES string of the molecule is CC.Cc1c[nH]c2ccc(-c3cncc(OC(C)C)n3)cc12. The Bertz CT molecular complexity index is 747. The van der Waals surface area contributed by atoms with Crippen molar-refractivity contribution in [2.24, 2.45) is 0 Å². The largest absolute Gasteiger partial charge is 0.474 e. The molecule has 0 aliphatic carbocycles. The Labute approximate surface area is 131 Å². The topological polar surface area (TPSA) is 50.8 Å². The van der Waals surface area contributed by atoms with Crippen LogP contribution in [-0.4, -0.2) is 21.1 Å². The van der Waals surface area contributed by atoms with Gasteiger partial charge in [-0.3, -0.25) is 4.98 Å². The van der Waals surface area contributed by atoms with E-state index in [1.807, 2.05) is 40.0 Å². The summed E-state index contributed by atoms with van der Waals surface area (Å²) in [5.74, 6) is 0.559. The minimum absolute atomic E-state index is 0.0916. The average molecular weight is 297 g/mol. The molecule has 2 aromatic heterocycles. The van der Waals surface area contributed by atoms with E-state index in [2.05, 4.69) is 34.0 Å². The molecule has 0 aliphatic heterocycles. The number of aryl methyl sites for hydroxylation is 1. The van der Waals surface area contributed by atoms with Crippen LogP contribution in [0.3, 0.4) is 0 Å². The van der Waals surface area contributed by atoms with E-state index in [4.69, 9.17) is 4.74 Å². The lowest BCUT2D eigenvalue weighted by Crippen LogP contribution is -2.07. The molecule has 0 amide bonds. The number of hydrogen-bond acceptors (Lipinski definition) is 3. The van der Waals surface area contributed by atoms with Crippen molar-refractivity contribution in [2.45, 2.75) is 40.7 Å². The van der Waals surface area contributed by atoms with Gasteiger partial charge in [0.1, 0.15) is 0 Å². The highest BCUT2D eigenvalue weighted by Crippen LogP contribution is 2.25. The van der Waals surface area contributed by atoms with Gasteiger partial charge in [-0.25, -0.2) is 4.98 Å². The lowest BCUT2D eigenvalue weighted by molar-refractivity contribution is 0.232. The Balaban J connectivity index is 0.000000847. The highest BCUT2D eigenvalue weighted by atomic mass is 16.5. The van der Waals surface area contributed by atoms with Gasteiger partial charge in [0.25, 0.3) is 0 Å². The van der Waals surface area contributed by atoms with Crippen LogP contribution in [0.4, 0.5) is 0 Å². The molecular weight excluding hydrogens is 274 g/mol. The van der Waals surface area contributed by atoms with Crippen molar-refractivity contribution >= 4 is 10.9 Å². The van der Waals surface area contributed by atoms with Crippen LogP contribution < -0.4 is 4.74 Å². The zero-order valence-corrected chi connectivity index (χ0v) is 13.8. The van der Waals surface area contributed by atoms with Gasteiger partial charge in [-0.1, -0.05) is 19.9 Å². The zero-order chi connectivity index (χ0) is 16.1. The van der Waals surface area contributed by atoms with Crippen molar-refractivity contribution in [3.05, 3.63) is 42.4 Å². The van der Waals surface area contributed by atoms with Crippen LogP contribution in [0.1, 0.15) is 33.3 Å². The fourth-order valence-electron chi connectivity index (χ4n) is 2.20. The Morgan fingerprint density at radius 2 is 1.91 bits per heavy atom. The Morgan fingerprint density at radius 1 is 1.14 bits per heavy atom. The standard InChI is InChI=1S/C16H17N3O.C2H6/c1-10(2)20-16-9-17-8-15(19-16)12-4-5-14-13(6-12)11(3)7-18-14;1-2/h4-10,18H,1-3H3;1-2H3. The van der Waals surface area contributed by atoms with Gasteiger partial charge >= 0.3 is 0 Å². The van der Waals surface area contributed by atoms with Gasteiger partial charge in [0, 0.05) is 22.7 Å². The summed E-state index contributed by atoms with van der Waals surface area (Å²) in [4.78, 5) is 12.0. The van der Waals surface area contributed by atoms with Crippen molar-refractivity contribution < 1.29 is 4.74 Å². The second-order valence-electron chi connectivity index (χ2n) is 5.14. The van der Waals surface area contributed by atoms with E-state index < -0.39 is 0 Å². The lowest BCUT2D eigenvalue weighted by atomic mass is 10.1. The molecule has 3 aromatic rings. The van der Waals surface area contributed by atoms with Crippen LogP contribution in [0.2, 0.25) is 0 Å². The van der Waals surface area contributed by atoms with Crippen LogP contribution in [0, 0.1) is 6.92 Å². The molecule has 1 aromatic carbocycles. The van der Waals surface area contributed by atoms with Crippen molar-refractivity contribution in [2.75, 3.05) is 0 Å². The van der Waals surface area contributed by atoms with Gasteiger partial charge in [-0.2, -0.15) is 0 Å². The van der Waals surface area contributed by atoms with Gasteiger partial charge in [-0.15, -0.1) is 0 Å². The first-order valence-electron chi connectivity index (χ1n) is 7.70. The summed E-state index contributed by atoms with van der Waals surface area (Å²) >= 11 is 0. The third-order valence-electron chi connectivity index (χ3n) is 3.15. The number of nitrogens with zero attached hydrogens (tertiary/aromatic N) is 2. The maximum Gasteiger partial charge on any atom is 0.233 e. The summed E-state index contributed by atoms with van der Waals surface area (Å²) in [5.41, 5.74) is 4.23. The molecule has 0 saturated heterocycles. The van der Waals surface area contributed by atoms with Crippen molar-refractivity contribution in [3.63, 3.8) is 0 Å². The molecule has 4 heteroatoms. The van der Waals surface area contributed by atoms with E-state index in [1.165, 1.54) is 10.9 Å². The molecule has 0 fully saturated rings. The van der Waals surface area contributed by atoms with E-state index in [1.54, 1.807) is 12.4 Å². The second kappa shape index (κ2) is 7.07. The summed E-state index contributed by atoms with van der Waals surface area (Å²) in [6.07, 6.45) is 5.51. The number of fused-ring (bicyclic) bond motifs is 1. The van der Waals surface area contributed by atoms with Crippen molar-refractivity contribution in [1.29, 1.82) is 0 Å². The van der Waals surface area contributed by atoms with Crippen LogP contribution >= 0.6 is 0 Å². The molecule has 0 bridgehead atoms. The lowest BCUT2D eigenvalue weighted by Gasteiger charge is -2.09. The molecule has 0 atom stereocenters. The first kappa shape index (κ1) is 16.0. The minimum atomic E-state index is 0.0916. The monoisotopic (exact) mass is 297 g/mol. The molecule has 1 N–H and O–H groups in total. The fraction of sp³-hybridized carbons (Fsp3) is 0.333. The summed E-state index contributed by atoms with van der Waals surface area (Å²) in [6.45, 7) is 10.0. The first-order chi connectivity index (χ1) is 10.6. The summed E-state index contributed by atoms with van der Waals surface area (Å²) in [7, 11) is 0. The molecular formula is C18H23N3O. The Hall–Kier alpha value is -2.36. The van der Waals surface area contributed by atoms with E-state index in [0.29, 0.717) is 5.88 Å². The van der Waals surface area contributed by atoms with Crippen LogP contribution in [0.15, 0.2) is 36.8 Å². The van der Waals surface area contributed by atoms with Gasteiger partial charge in [0.05, 0.1) is 24.2 Å². The van der Waals surface area contributed by atoms with Crippen LogP contribution in [0.25, 0.3) is 22.2 Å². The van der Waals surface area contributed by atoms with Crippen molar-refractivity contribution in [3.8, 4) is 17.1 Å². The summed E-state index contributed by atoms with van der Waals surface area (Å²) < 4.78 is 5.59. The van der Waals surface area contributed by atoms with E-state index in [9.17, 15) is 0 Å². The molecule has 0 radical (unpaired) electrons. The third-order valence-corrected chi connectivity index (χ3v) is 3.15. The summed E-state index contributed by atoms with van der Waals surface area (Å²) in [5, 5.41) is 1.21. The second-order valence-corrected chi connectivity index (χ2v) is 5.14. The Kier molecular flexibility index (Phi) is 5.15. The number of aromatic amines is 1. The summed E-state index contributed by atoms with van der Waals surface area (Å²) in [6, 6.07) is 6.24. The third kappa shape index (κ3) is 3.45. The molecule has 3 rings (SSSR count). The molecule has 0 aliphatic rings. The van der Waals surface area contributed by atoms with Crippen molar-refractivity contribution in [1.82, 2.24) is 15.0 Å². The van der Waals surface area contributed by atoms with E-state index in [0.717, 1.165) is 16.8 Å². The predicted molar refractivity (Wildman–Crippen MR) is 91.2 cm³/mol. The molecule has 116 valence electrons. The smallest absolute Gasteiger partial charge is 0.233 e. The Morgan fingerprint density at radius 3 is 2.64 bits per heavy atom. The molecule has 0 unspecified atom stereocenters. The molecule has 2 heterocycles. The zero-order valence-electron chi connectivity index (χ0n) is 13.8. The minimum Gasteiger partial charge on any atom is -0.474 e. The van der Waals surface area contributed by atoms with Crippen LogP contribution in [0.5, 0.6) is 5.88 Å². The van der Waals surface area contributed by atoms with Gasteiger partial charge in [0.15, 0.2) is 0 Å². The molecule has 0 saturated carbocycles. The highest BCUT2D eigenvalue weighted by Gasteiger charge is 2.07.